The average molecular weight is 214 g/mol. The molecule has 2 atom stereocenters. The van der Waals surface area contributed by atoms with Gasteiger partial charge in [-0.1, -0.05) is 13.3 Å². The van der Waals surface area contributed by atoms with Gasteiger partial charge in [-0.2, -0.15) is 0 Å². The van der Waals surface area contributed by atoms with Crippen LogP contribution in [0.2, 0.25) is 0 Å². The molecule has 0 aromatic heterocycles. The summed E-state index contributed by atoms with van der Waals surface area (Å²) >= 11 is 0. The minimum Gasteiger partial charge on any atom is -0.381 e. The quantitative estimate of drug-likeness (QED) is 0.641. The Balaban J connectivity index is 2.37. The number of ether oxygens (including phenoxy) is 1. The maximum Gasteiger partial charge on any atom is 0.237 e. The van der Waals surface area contributed by atoms with Gasteiger partial charge in [0.05, 0.1) is 5.54 Å². The molecular formula is C11H22N2O2. The Hall–Kier alpha value is -0.610. The third-order valence-corrected chi connectivity index (χ3v) is 3.29. The molecule has 88 valence electrons. The summed E-state index contributed by atoms with van der Waals surface area (Å²) in [5, 5.41) is 0. The van der Waals surface area contributed by atoms with Gasteiger partial charge < -0.3 is 16.2 Å². The molecule has 1 fully saturated rings. The van der Waals surface area contributed by atoms with Gasteiger partial charge in [0, 0.05) is 13.2 Å². The van der Waals surface area contributed by atoms with Crippen LogP contribution in [0.25, 0.3) is 0 Å². The number of hydrogen-bond acceptors (Lipinski definition) is 3. The third kappa shape index (κ3) is 2.92. The molecule has 0 saturated heterocycles. The Labute approximate surface area is 91.3 Å². The van der Waals surface area contributed by atoms with Crippen molar-refractivity contribution in [3.63, 3.8) is 0 Å². The normalized spacial score (nSPS) is 30.7. The molecule has 1 saturated carbocycles. The molecule has 2 unspecified atom stereocenters. The maximum atomic E-state index is 11.3. The fourth-order valence-electron chi connectivity index (χ4n) is 2.30. The van der Waals surface area contributed by atoms with E-state index in [0.717, 1.165) is 38.7 Å². The van der Waals surface area contributed by atoms with E-state index in [1.54, 1.807) is 0 Å². The molecule has 1 aliphatic carbocycles. The van der Waals surface area contributed by atoms with Gasteiger partial charge >= 0.3 is 0 Å². The second-order valence-electron chi connectivity index (χ2n) is 4.39. The zero-order valence-electron chi connectivity index (χ0n) is 9.50. The van der Waals surface area contributed by atoms with Crippen molar-refractivity contribution >= 4 is 5.91 Å². The molecule has 0 radical (unpaired) electrons. The van der Waals surface area contributed by atoms with Gasteiger partial charge in [-0.15, -0.1) is 0 Å². The van der Waals surface area contributed by atoms with Crippen molar-refractivity contribution in [1.29, 1.82) is 0 Å². The second kappa shape index (κ2) is 5.47. The summed E-state index contributed by atoms with van der Waals surface area (Å²) in [5.74, 6) is -0.160. The maximum absolute atomic E-state index is 11.3. The standard InChI is InChI=1S/C11H22N2O2/c1-2-7-15-8-5-9-4-3-6-11(9,13)10(12)14/h9H,2-8,13H2,1H3,(H2,12,14). The summed E-state index contributed by atoms with van der Waals surface area (Å²) in [6.45, 7) is 3.54. The number of primary amides is 1. The molecule has 4 N–H and O–H groups in total. The molecule has 4 nitrogen and oxygen atoms in total. The highest BCUT2D eigenvalue weighted by molar-refractivity contribution is 5.85. The van der Waals surface area contributed by atoms with E-state index in [1.165, 1.54) is 0 Å². The van der Waals surface area contributed by atoms with Crippen molar-refractivity contribution < 1.29 is 9.53 Å². The summed E-state index contributed by atoms with van der Waals surface area (Å²) in [7, 11) is 0. The van der Waals surface area contributed by atoms with Crippen LogP contribution in [0.3, 0.4) is 0 Å². The number of hydrogen-bond donors (Lipinski definition) is 2. The third-order valence-electron chi connectivity index (χ3n) is 3.29. The highest BCUT2D eigenvalue weighted by atomic mass is 16.5. The van der Waals surface area contributed by atoms with Crippen LogP contribution in [0.1, 0.15) is 39.0 Å². The van der Waals surface area contributed by atoms with Crippen molar-refractivity contribution in [3.05, 3.63) is 0 Å². The molecule has 1 rings (SSSR count). The van der Waals surface area contributed by atoms with Gasteiger partial charge in [-0.3, -0.25) is 4.79 Å². The number of nitrogens with two attached hydrogens (primary N) is 2. The Bertz CT molecular complexity index is 221. The highest BCUT2D eigenvalue weighted by Gasteiger charge is 2.43. The van der Waals surface area contributed by atoms with E-state index in [1.807, 2.05) is 0 Å². The predicted octanol–water partition coefficient (Wildman–Crippen LogP) is 0.786. The second-order valence-corrected chi connectivity index (χ2v) is 4.39. The van der Waals surface area contributed by atoms with Crippen LogP contribution in [0.15, 0.2) is 0 Å². The van der Waals surface area contributed by atoms with Gasteiger partial charge in [0.25, 0.3) is 0 Å². The summed E-state index contributed by atoms with van der Waals surface area (Å²) in [6.07, 6.45) is 4.58. The molecular weight excluding hydrogens is 192 g/mol. The number of carbonyl (C=O) groups excluding carboxylic acids is 1. The molecule has 0 aromatic rings. The molecule has 0 spiro atoms. The van der Waals surface area contributed by atoms with E-state index in [2.05, 4.69) is 6.92 Å². The Morgan fingerprint density at radius 1 is 1.53 bits per heavy atom. The van der Waals surface area contributed by atoms with Crippen LogP contribution in [-0.4, -0.2) is 24.7 Å². The Morgan fingerprint density at radius 2 is 2.27 bits per heavy atom. The van der Waals surface area contributed by atoms with Gasteiger partial charge in [0.2, 0.25) is 5.91 Å². The molecule has 0 heterocycles. The van der Waals surface area contributed by atoms with Crippen LogP contribution in [0, 0.1) is 5.92 Å². The molecule has 0 bridgehead atoms. The lowest BCUT2D eigenvalue weighted by Gasteiger charge is -2.27. The minimum atomic E-state index is -0.782. The summed E-state index contributed by atoms with van der Waals surface area (Å²) in [4.78, 5) is 11.3. The van der Waals surface area contributed by atoms with Gasteiger partial charge in [-0.25, -0.2) is 0 Å². The van der Waals surface area contributed by atoms with E-state index < -0.39 is 5.54 Å². The summed E-state index contributed by atoms with van der Waals surface area (Å²) < 4.78 is 5.41. The van der Waals surface area contributed by atoms with Crippen LogP contribution in [-0.2, 0) is 9.53 Å². The molecule has 4 heteroatoms. The number of amides is 1. The SMILES string of the molecule is CCCOCCC1CCCC1(N)C(N)=O. The van der Waals surface area contributed by atoms with Crippen LogP contribution in [0.4, 0.5) is 0 Å². The first-order valence-corrected chi connectivity index (χ1v) is 5.77. The van der Waals surface area contributed by atoms with Crippen molar-refractivity contribution in [1.82, 2.24) is 0 Å². The molecule has 0 aromatic carbocycles. The largest absolute Gasteiger partial charge is 0.381 e. The number of rotatable bonds is 6. The van der Waals surface area contributed by atoms with Crippen LogP contribution < -0.4 is 11.5 Å². The van der Waals surface area contributed by atoms with Crippen molar-refractivity contribution in [3.8, 4) is 0 Å². The van der Waals surface area contributed by atoms with E-state index in [0.29, 0.717) is 6.61 Å². The highest BCUT2D eigenvalue weighted by Crippen LogP contribution is 2.35. The first-order chi connectivity index (χ1) is 7.11. The smallest absolute Gasteiger partial charge is 0.237 e. The molecule has 1 aliphatic rings. The van der Waals surface area contributed by atoms with E-state index >= 15 is 0 Å². The first kappa shape index (κ1) is 12.5. The zero-order valence-corrected chi connectivity index (χ0v) is 9.50. The van der Waals surface area contributed by atoms with Crippen molar-refractivity contribution in [2.45, 2.75) is 44.6 Å². The van der Waals surface area contributed by atoms with Crippen LogP contribution >= 0.6 is 0 Å². The molecule has 1 amide bonds. The molecule has 0 aliphatic heterocycles. The first-order valence-electron chi connectivity index (χ1n) is 5.77. The topological polar surface area (TPSA) is 78.3 Å². The van der Waals surface area contributed by atoms with Crippen LogP contribution in [0.5, 0.6) is 0 Å². The van der Waals surface area contributed by atoms with E-state index in [-0.39, 0.29) is 11.8 Å². The predicted molar refractivity (Wildman–Crippen MR) is 59.2 cm³/mol. The molecule has 15 heavy (non-hydrogen) atoms. The minimum absolute atomic E-state index is 0.201. The van der Waals surface area contributed by atoms with Gasteiger partial charge in [0.1, 0.15) is 0 Å². The Kier molecular flexibility index (Phi) is 4.54. The lowest BCUT2D eigenvalue weighted by molar-refractivity contribution is -0.124. The fourth-order valence-corrected chi connectivity index (χ4v) is 2.30. The lowest BCUT2D eigenvalue weighted by atomic mass is 9.85. The van der Waals surface area contributed by atoms with E-state index in [9.17, 15) is 4.79 Å². The summed E-state index contributed by atoms with van der Waals surface area (Å²) in [5.41, 5.74) is 10.6. The van der Waals surface area contributed by atoms with Gasteiger partial charge in [0.15, 0.2) is 0 Å². The van der Waals surface area contributed by atoms with Gasteiger partial charge in [-0.05, 0) is 31.6 Å². The zero-order chi connectivity index (χ0) is 11.3. The monoisotopic (exact) mass is 214 g/mol. The lowest BCUT2D eigenvalue weighted by Crippen LogP contribution is -2.54. The van der Waals surface area contributed by atoms with Crippen molar-refractivity contribution in [2.75, 3.05) is 13.2 Å². The summed E-state index contributed by atoms with van der Waals surface area (Å²) in [6, 6.07) is 0. The van der Waals surface area contributed by atoms with Crippen molar-refractivity contribution in [2.24, 2.45) is 17.4 Å². The van der Waals surface area contributed by atoms with E-state index in [4.69, 9.17) is 16.2 Å². The number of carbonyl (C=O) groups is 1. The fraction of sp³-hybridized carbons (Fsp3) is 0.909. The Morgan fingerprint density at radius 3 is 2.87 bits per heavy atom. The average Bonchev–Trinajstić information content (AvgIpc) is 2.56.